The predicted molar refractivity (Wildman–Crippen MR) is 40.3 cm³/mol. The van der Waals surface area contributed by atoms with Crippen LogP contribution in [0.15, 0.2) is 23.4 Å². The number of carbonyl (C=O) groups is 1. The standard InChI is InChI=1S/C7H5ClN2O/c8-6-2-1-5(3-9)7(11)10-4-6/h1-2,4-5H,(H,10,11). The third-order valence-corrected chi connectivity index (χ3v) is 1.46. The Morgan fingerprint density at radius 1 is 1.73 bits per heavy atom. The second-order valence-corrected chi connectivity index (χ2v) is 2.44. The Kier molecular flexibility index (Phi) is 2.29. The molecule has 1 heterocycles. The quantitative estimate of drug-likeness (QED) is 0.584. The van der Waals surface area contributed by atoms with E-state index in [1.54, 1.807) is 0 Å². The number of nitriles is 1. The summed E-state index contributed by atoms with van der Waals surface area (Å²) in [5, 5.41) is 11.2. The molecule has 0 bridgehead atoms. The van der Waals surface area contributed by atoms with Gasteiger partial charge in [-0.25, -0.2) is 0 Å². The first kappa shape index (κ1) is 7.83. The number of halogens is 1. The van der Waals surface area contributed by atoms with E-state index in [1.807, 2.05) is 6.07 Å². The van der Waals surface area contributed by atoms with Gasteiger partial charge in [0.25, 0.3) is 0 Å². The summed E-state index contributed by atoms with van der Waals surface area (Å²) in [7, 11) is 0. The maximum atomic E-state index is 10.9. The van der Waals surface area contributed by atoms with Crippen LogP contribution in [-0.2, 0) is 4.79 Å². The zero-order valence-electron chi connectivity index (χ0n) is 5.54. The monoisotopic (exact) mass is 168 g/mol. The van der Waals surface area contributed by atoms with Crippen LogP contribution in [0.4, 0.5) is 0 Å². The first-order valence-electron chi connectivity index (χ1n) is 2.98. The van der Waals surface area contributed by atoms with Gasteiger partial charge >= 0.3 is 0 Å². The summed E-state index contributed by atoms with van der Waals surface area (Å²) < 4.78 is 0. The minimum absolute atomic E-state index is 0.348. The van der Waals surface area contributed by atoms with E-state index in [1.165, 1.54) is 18.4 Å². The SMILES string of the molecule is N#CC1C=CC(Cl)=CNC1=O. The summed E-state index contributed by atoms with van der Waals surface area (Å²) in [6, 6.07) is 1.82. The molecule has 0 spiro atoms. The highest BCUT2D eigenvalue weighted by atomic mass is 35.5. The van der Waals surface area contributed by atoms with Gasteiger partial charge in [-0.1, -0.05) is 17.7 Å². The lowest BCUT2D eigenvalue weighted by Gasteiger charge is -1.97. The van der Waals surface area contributed by atoms with Crippen molar-refractivity contribution in [2.24, 2.45) is 5.92 Å². The fourth-order valence-electron chi connectivity index (χ4n) is 0.655. The number of rotatable bonds is 0. The van der Waals surface area contributed by atoms with E-state index in [9.17, 15) is 4.79 Å². The minimum atomic E-state index is -0.734. The molecule has 0 saturated heterocycles. The van der Waals surface area contributed by atoms with Crippen molar-refractivity contribution in [3.63, 3.8) is 0 Å². The van der Waals surface area contributed by atoms with E-state index >= 15 is 0 Å². The van der Waals surface area contributed by atoms with Crippen LogP contribution in [0.5, 0.6) is 0 Å². The highest BCUT2D eigenvalue weighted by Gasteiger charge is 2.14. The van der Waals surface area contributed by atoms with Gasteiger partial charge in [0.2, 0.25) is 5.91 Å². The number of hydrogen-bond acceptors (Lipinski definition) is 2. The average Bonchev–Trinajstić information content (AvgIpc) is 2.15. The highest BCUT2D eigenvalue weighted by molar-refractivity contribution is 6.31. The number of allylic oxidation sites excluding steroid dienone is 2. The molecule has 0 aliphatic carbocycles. The Balaban J connectivity index is 2.85. The third-order valence-electron chi connectivity index (χ3n) is 1.22. The van der Waals surface area contributed by atoms with Gasteiger partial charge in [0.05, 0.1) is 11.1 Å². The van der Waals surface area contributed by atoms with Crippen LogP contribution in [-0.4, -0.2) is 5.91 Å². The lowest BCUT2D eigenvalue weighted by atomic mass is 10.1. The zero-order valence-corrected chi connectivity index (χ0v) is 6.30. The van der Waals surface area contributed by atoms with E-state index in [4.69, 9.17) is 16.9 Å². The lowest BCUT2D eigenvalue weighted by molar-refractivity contribution is -0.121. The van der Waals surface area contributed by atoms with Crippen molar-refractivity contribution in [3.8, 4) is 6.07 Å². The molecule has 3 nitrogen and oxygen atoms in total. The van der Waals surface area contributed by atoms with Crippen LogP contribution in [0.2, 0.25) is 0 Å². The number of hydrogen-bond donors (Lipinski definition) is 1. The van der Waals surface area contributed by atoms with Crippen LogP contribution in [0.3, 0.4) is 0 Å². The molecule has 1 atom stereocenters. The van der Waals surface area contributed by atoms with Gasteiger partial charge in [0.1, 0.15) is 5.92 Å². The fourth-order valence-corrected chi connectivity index (χ4v) is 0.782. The highest BCUT2D eigenvalue weighted by Crippen LogP contribution is 2.09. The first-order chi connectivity index (χ1) is 5.24. The molecular formula is C7H5ClN2O. The Morgan fingerprint density at radius 3 is 3.09 bits per heavy atom. The number of amides is 1. The molecule has 1 unspecified atom stereocenters. The molecule has 4 heteroatoms. The van der Waals surface area contributed by atoms with Crippen molar-refractivity contribution in [2.45, 2.75) is 0 Å². The molecular weight excluding hydrogens is 164 g/mol. The van der Waals surface area contributed by atoms with Crippen LogP contribution < -0.4 is 5.32 Å². The molecule has 1 rings (SSSR count). The number of nitrogens with one attached hydrogen (secondary N) is 1. The number of nitrogens with zero attached hydrogens (tertiary/aromatic N) is 1. The maximum Gasteiger partial charge on any atom is 0.245 e. The Bertz CT molecular complexity index is 275. The van der Waals surface area contributed by atoms with Crippen molar-refractivity contribution >= 4 is 17.5 Å². The molecule has 11 heavy (non-hydrogen) atoms. The van der Waals surface area contributed by atoms with Crippen LogP contribution >= 0.6 is 11.6 Å². The van der Waals surface area contributed by atoms with Crippen LogP contribution in [0.25, 0.3) is 0 Å². The van der Waals surface area contributed by atoms with E-state index in [0.29, 0.717) is 5.03 Å². The average molecular weight is 169 g/mol. The maximum absolute atomic E-state index is 10.9. The molecule has 0 fully saturated rings. The second-order valence-electron chi connectivity index (χ2n) is 2.00. The van der Waals surface area contributed by atoms with Crippen LogP contribution in [0, 0.1) is 17.2 Å². The topological polar surface area (TPSA) is 52.9 Å². The minimum Gasteiger partial charge on any atom is -0.330 e. The van der Waals surface area contributed by atoms with Crippen molar-refractivity contribution in [2.75, 3.05) is 0 Å². The smallest absolute Gasteiger partial charge is 0.245 e. The molecule has 0 radical (unpaired) electrons. The van der Waals surface area contributed by atoms with Crippen molar-refractivity contribution in [3.05, 3.63) is 23.4 Å². The van der Waals surface area contributed by atoms with E-state index in [2.05, 4.69) is 5.32 Å². The fraction of sp³-hybridized carbons (Fsp3) is 0.143. The molecule has 1 N–H and O–H groups in total. The van der Waals surface area contributed by atoms with E-state index in [0.717, 1.165) is 0 Å². The summed E-state index contributed by atoms with van der Waals surface area (Å²) in [5.41, 5.74) is 0. The molecule has 0 saturated carbocycles. The summed E-state index contributed by atoms with van der Waals surface area (Å²) >= 11 is 5.56. The van der Waals surface area contributed by atoms with Crippen LogP contribution in [0.1, 0.15) is 0 Å². The Morgan fingerprint density at radius 2 is 2.45 bits per heavy atom. The first-order valence-corrected chi connectivity index (χ1v) is 3.35. The molecule has 0 aromatic heterocycles. The summed E-state index contributed by atoms with van der Waals surface area (Å²) in [5.74, 6) is -1.08. The summed E-state index contributed by atoms with van der Waals surface area (Å²) in [6.07, 6.45) is 4.34. The van der Waals surface area contributed by atoms with E-state index < -0.39 is 5.92 Å². The Hall–Kier alpha value is -1.27. The molecule has 56 valence electrons. The normalized spacial score (nSPS) is 23.1. The molecule has 0 aromatic carbocycles. The summed E-state index contributed by atoms with van der Waals surface area (Å²) in [4.78, 5) is 10.9. The van der Waals surface area contributed by atoms with Gasteiger partial charge in [-0.2, -0.15) is 5.26 Å². The lowest BCUT2D eigenvalue weighted by Crippen LogP contribution is -2.23. The van der Waals surface area contributed by atoms with Gasteiger partial charge < -0.3 is 5.32 Å². The second kappa shape index (κ2) is 3.22. The van der Waals surface area contributed by atoms with Gasteiger partial charge in [-0.15, -0.1) is 0 Å². The van der Waals surface area contributed by atoms with Gasteiger partial charge in [0.15, 0.2) is 0 Å². The van der Waals surface area contributed by atoms with E-state index in [-0.39, 0.29) is 5.91 Å². The summed E-state index contributed by atoms with van der Waals surface area (Å²) in [6.45, 7) is 0. The van der Waals surface area contributed by atoms with Crippen molar-refractivity contribution < 1.29 is 4.79 Å². The third kappa shape index (κ3) is 1.82. The number of carbonyl (C=O) groups excluding carboxylic acids is 1. The van der Waals surface area contributed by atoms with Gasteiger partial charge in [-0.05, 0) is 6.08 Å². The Labute approximate surface area is 69.0 Å². The predicted octanol–water partition coefficient (Wildman–Crippen LogP) is 0.892. The van der Waals surface area contributed by atoms with Gasteiger partial charge in [-0.3, -0.25) is 4.79 Å². The molecule has 0 aromatic rings. The van der Waals surface area contributed by atoms with Crippen molar-refractivity contribution in [1.29, 1.82) is 5.26 Å². The molecule has 1 aliphatic heterocycles. The molecule has 1 amide bonds. The molecule has 1 aliphatic rings. The zero-order chi connectivity index (χ0) is 8.27. The van der Waals surface area contributed by atoms with Gasteiger partial charge in [0, 0.05) is 6.20 Å². The van der Waals surface area contributed by atoms with Crippen molar-refractivity contribution in [1.82, 2.24) is 5.32 Å². The largest absolute Gasteiger partial charge is 0.330 e.